The molecule has 3 unspecified atom stereocenters. The van der Waals surface area contributed by atoms with Crippen LogP contribution in [-0.4, -0.2) is 60.7 Å². The van der Waals surface area contributed by atoms with Crippen molar-refractivity contribution < 1.29 is 49.1 Å². The number of aliphatic hydroxyl groups is 3. The van der Waals surface area contributed by atoms with Crippen LogP contribution in [0.2, 0.25) is 0 Å². The Morgan fingerprint density at radius 2 is 1.62 bits per heavy atom. The van der Waals surface area contributed by atoms with Gasteiger partial charge in [-0.3, -0.25) is 24.0 Å². The summed E-state index contributed by atoms with van der Waals surface area (Å²) in [5.74, 6) is -10.3. The lowest BCUT2D eigenvalue weighted by Gasteiger charge is -2.65. The average molecular weight is 665 g/mol. The molecule has 0 heterocycles. The first-order valence-electron chi connectivity index (χ1n) is 16.9. The second-order valence-electron chi connectivity index (χ2n) is 16.1. The van der Waals surface area contributed by atoms with Crippen LogP contribution in [0.5, 0.6) is 5.75 Å². The number of hydrogen-bond acceptors (Lipinski definition) is 10. The summed E-state index contributed by atoms with van der Waals surface area (Å²) in [6.45, 7) is 14.9. The zero-order valence-corrected chi connectivity index (χ0v) is 29.3. The van der Waals surface area contributed by atoms with Crippen molar-refractivity contribution in [1.82, 2.24) is 0 Å². The topological polar surface area (TPSA) is 176 Å². The number of aromatic hydroxyl groups is 1. The van der Waals surface area contributed by atoms with Gasteiger partial charge in [0.15, 0.2) is 17.2 Å². The highest BCUT2D eigenvalue weighted by atomic mass is 16.6. The molecule has 0 bridgehead atoms. The van der Waals surface area contributed by atoms with Gasteiger partial charge in [-0.15, -0.1) is 0 Å². The van der Waals surface area contributed by atoms with Gasteiger partial charge in [-0.25, -0.2) is 0 Å². The molecule has 5 rings (SSSR count). The third kappa shape index (κ3) is 4.65. The summed E-state index contributed by atoms with van der Waals surface area (Å²) in [4.78, 5) is 69.6. The van der Waals surface area contributed by atoms with E-state index < -0.39 is 97.9 Å². The van der Waals surface area contributed by atoms with Gasteiger partial charge in [0.05, 0.1) is 11.5 Å². The molecule has 1 aromatic carbocycles. The van der Waals surface area contributed by atoms with Gasteiger partial charge in [-0.2, -0.15) is 0 Å². The minimum atomic E-state index is -2.90. The van der Waals surface area contributed by atoms with Crippen LogP contribution in [0.4, 0.5) is 0 Å². The maximum atomic E-state index is 14.6. The van der Waals surface area contributed by atoms with Gasteiger partial charge < -0.3 is 25.2 Å². The van der Waals surface area contributed by atoms with Crippen LogP contribution < -0.4 is 0 Å². The Morgan fingerprint density at radius 1 is 1.02 bits per heavy atom. The third-order valence-electron chi connectivity index (χ3n) is 12.1. The van der Waals surface area contributed by atoms with Crippen LogP contribution in [0.1, 0.15) is 110 Å². The first-order chi connectivity index (χ1) is 22.1. The van der Waals surface area contributed by atoms with E-state index in [-0.39, 0.29) is 29.1 Å². The van der Waals surface area contributed by atoms with E-state index in [0.29, 0.717) is 24.8 Å². The molecule has 0 aliphatic heterocycles. The number of phenolic OH excluding ortho intramolecular Hbond substituents is 1. The zero-order chi connectivity index (χ0) is 36.0. The van der Waals surface area contributed by atoms with Crippen LogP contribution in [0.25, 0.3) is 0 Å². The number of ketones is 4. The Bertz CT molecular complexity index is 1690. The molecule has 0 saturated heterocycles. The number of hydrogen-bond donors (Lipinski definition) is 4. The highest BCUT2D eigenvalue weighted by molar-refractivity contribution is 6.25. The Balaban J connectivity index is 1.80. The van der Waals surface area contributed by atoms with E-state index in [1.165, 1.54) is 13.0 Å². The number of aliphatic hydroxyl groups excluding tert-OH is 2. The molecular formula is C38H48O10. The number of benzene rings is 1. The lowest BCUT2D eigenvalue weighted by Crippen LogP contribution is -2.71. The van der Waals surface area contributed by atoms with Crippen molar-refractivity contribution >= 4 is 29.1 Å². The molecule has 0 spiro atoms. The summed E-state index contributed by atoms with van der Waals surface area (Å²) in [7, 11) is 0. The van der Waals surface area contributed by atoms with Crippen LogP contribution in [0.15, 0.2) is 40.9 Å². The van der Waals surface area contributed by atoms with E-state index >= 15 is 0 Å². The van der Waals surface area contributed by atoms with Crippen molar-refractivity contribution in [3.63, 3.8) is 0 Å². The quantitative estimate of drug-likeness (QED) is 0.213. The second kappa shape index (κ2) is 11.4. The highest BCUT2D eigenvalue weighted by Gasteiger charge is 2.76. The SMILES string of the molecule is CC(=O)C1=C(O)C(C(C)C)[C@@]2(C)[C@H](CC(=O)C3CCCC3C(=O)OC(C)(C)C)[C@]3(C)C(=C(O)[C@@]2(O)C1=O)C(=O)c1c(O)cccc1[C@H]3C. The van der Waals surface area contributed by atoms with E-state index in [1.54, 1.807) is 60.6 Å². The molecule has 1 aromatic rings. The van der Waals surface area contributed by atoms with Gasteiger partial charge in [0.2, 0.25) is 5.78 Å². The summed E-state index contributed by atoms with van der Waals surface area (Å²) < 4.78 is 5.67. The average Bonchev–Trinajstić information content (AvgIpc) is 3.46. The molecule has 0 amide bonds. The fourth-order valence-electron chi connectivity index (χ4n) is 9.89. The number of Topliss-reactive ketones (excluding diaryl/α,β-unsaturated/α-hetero) is 4. The Hall–Kier alpha value is -3.79. The normalized spacial score (nSPS) is 34.9. The number of esters is 1. The van der Waals surface area contributed by atoms with E-state index in [2.05, 4.69) is 0 Å². The molecule has 48 heavy (non-hydrogen) atoms. The number of rotatable bonds is 6. The lowest BCUT2D eigenvalue weighted by atomic mass is 9.38. The highest BCUT2D eigenvalue weighted by Crippen LogP contribution is 2.71. The van der Waals surface area contributed by atoms with Crippen LogP contribution >= 0.6 is 0 Å². The Morgan fingerprint density at radius 3 is 2.19 bits per heavy atom. The monoisotopic (exact) mass is 664 g/mol. The molecule has 10 heteroatoms. The number of allylic oxidation sites excluding steroid dienone is 2. The predicted molar refractivity (Wildman–Crippen MR) is 175 cm³/mol. The van der Waals surface area contributed by atoms with Gasteiger partial charge in [-0.05, 0) is 69.9 Å². The molecule has 8 atom stereocenters. The number of carbonyl (C=O) groups is 5. The zero-order valence-electron chi connectivity index (χ0n) is 29.3. The maximum absolute atomic E-state index is 14.6. The van der Waals surface area contributed by atoms with Crippen molar-refractivity contribution in [1.29, 1.82) is 0 Å². The van der Waals surface area contributed by atoms with Gasteiger partial charge in [0, 0.05) is 34.7 Å². The fourth-order valence-corrected chi connectivity index (χ4v) is 9.89. The number of phenols is 1. The fraction of sp³-hybridized carbons (Fsp3) is 0.605. The first kappa shape index (κ1) is 35.5. The molecule has 0 radical (unpaired) electrons. The summed E-state index contributed by atoms with van der Waals surface area (Å²) in [6, 6.07) is 4.61. The standard InChI is InChI=1S/C38H48O10/c1-17(2)28-30(42)26(19(4)39)32(44)38(47)33(45)29-31(43)27-20(12-11-15-23(27)40)18(3)36(29,8)25(37(28,38)9)16-24(41)21-13-10-14-22(21)34(46)48-35(5,6)7/h11-12,15,17-18,21-22,25,28,40,42,45,47H,10,13-14,16H2,1-9H3/t18-,21?,22?,25-,28?,36-,37-,38+/m1/s1. The van der Waals surface area contributed by atoms with Gasteiger partial charge >= 0.3 is 5.97 Å². The molecule has 10 nitrogen and oxygen atoms in total. The van der Waals surface area contributed by atoms with Crippen molar-refractivity contribution in [2.75, 3.05) is 0 Å². The Kier molecular flexibility index (Phi) is 8.43. The molecule has 1 saturated carbocycles. The van der Waals surface area contributed by atoms with E-state index in [0.717, 1.165) is 6.92 Å². The van der Waals surface area contributed by atoms with E-state index in [1.807, 2.05) is 0 Å². The summed E-state index contributed by atoms with van der Waals surface area (Å²) in [5.41, 5.74) is -7.55. The van der Waals surface area contributed by atoms with Crippen LogP contribution in [-0.2, 0) is 23.9 Å². The van der Waals surface area contributed by atoms with E-state index in [4.69, 9.17) is 4.74 Å². The van der Waals surface area contributed by atoms with E-state index in [9.17, 15) is 44.4 Å². The van der Waals surface area contributed by atoms with Crippen molar-refractivity contribution in [3.05, 3.63) is 52.0 Å². The molecule has 4 aliphatic rings. The first-order valence-corrected chi connectivity index (χ1v) is 16.9. The van der Waals surface area contributed by atoms with Gasteiger partial charge in [0.1, 0.15) is 34.2 Å². The number of ether oxygens (including phenoxy) is 1. The molecule has 4 N–H and O–H groups in total. The minimum Gasteiger partial charge on any atom is -0.511 e. The van der Waals surface area contributed by atoms with Crippen LogP contribution in [0.3, 0.4) is 0 Å². The Labute approximate surface area is 281 Å². The maximum Gasteiger partial charge on any atom is 0.310 e. The molecule has 1 fully saturated rings. The summed E-state index contributed by atoms with van der Waals surface area (Å²) in [5, 5.41) is 47.5. The summed E-state index contributed by atoms with van der Waals surface area (Å²) >= 11 is 0. The summed E-state index contributed by atoms with van der Waals surface area (Å²) in [6.07, 6.45) is 1.15. The van der Waals surface area contributed by atoms with Crippen molar-refractivity contribution in [2.24, 2.45) is 40.4 Å². The van der Waals surface area contributed by atoms with Crippen molar-refractivity contribution in [2.45, 2.75) is 105 Å². The number of fused-ring (bicyclic) bond motifs is 3. The van der Waals surface area contributed by atoms with Crippen LogP contribution in [0, 0.1) is 40.4 Å². The molecule has 4 aliphatic carbocycles. The molecular weight excluding hydrogens is 616 g/mol. The minimum absolute atomic E-state index is 0.0871. The lowest BCUT2D eigenvalue weighted by molar-refractivity contribution is -0.194. The van der Waals surface area contributed by atoms with Gasteiger partial charge in [0.25, 0.3) is 0 Å². The molecule has 0 aromatic heterocycles. The number of carbonyl (C=O) groups excluding carboxylic acids is 5. The third-order valence-corrected chi connectivity index (χ3v) is 12.1. The smallest absolute Gasteiger partial charge is 0.310 e. The predicted octanol–water partition coefficient (Wildman–Crippen LogP) is 5.85. The molecule has 260 valence electrons. The van der Waals surface area contributed by atoms with Crippen molar-refractivity contribution in [3.8, 4) is 5.75 Å². The second-order valence-corrected chi connectivity index (χ2v) is 16.1. The largest absolute Gasteiger partial charge is 0.511 e. The van der Waals surface area contributed by atoms with Gasteiger partial charge in [-0.1, -0.05) is 53.2 Å².